The van der Waals surface area contributed by atoms with E-state index < -0.39 is 0 Å². The molecule has 1 saturated heterocycles. The van der Waals surface area contributed by atoms with Crippen molar-refractivity contribution in [3.63, 3.8) is 0 Å². The van der Waals surface area contributed by atoms with Gasteiger partial charge in [-0.3, -0.25) is 0 Å². The lowest BCUT2D eigenvalue weighted by Crippen LogP contribution is -2.49. The second-order valence-electron chi connectivity index (χ2n) is 4.53. The molecule has 18 heavy (non-hydrogen) atoms. The van der Waals surface area contributed by atoms with Crippen molar-refractivity contribution in [2.75, 3.05) is 24.5 Å². The van der Waals surface area contributed by atoms with Crippen LogP contribution in [0.4, 0.5) is 5.00 Å². The highest BCUT2D eigenvalue weighted by molar-refractivity contribution is 7.19. The molecular weight excluding hydrogens is 244 g/mol. The Hall–Kier alpha value is -1.46. The molecule has 1 fully saturated rings. The Labute approximate surface area is 111 Å². The average molecular weight is 260 g/mol. The van der Waals surface area contributed by atoms with E-state index in [9.17, 15) is 0 Å². The minimum absolute atomic E-state index is 0.559. The Kier molecular flexibility index (Phi) is 3.25. The van der Waals surface area contributed by atoms with Gasteiger partial charge in [0, 0.05) is 31.9 Å². The fourth-order valence-electron chi connectivity index (χ4n) is 2.20. The van der Waals surface area contributed by atoms with Crippen molar-refractivity contribution < 1.29 is 0 Å². The van der Waals surface area contributed by atoms with Gasteiger partial charge in [0.2, 0.25) is 0 Å². The summed E-state index contributed by atoms with van der Waals surface area (Å²) in [7, 11) is 0. The summed E-state index contributed by atoms with van der Waals surface area (Å²) in [5.74, 6) is 0. The van der Waals surface area contributed by atoms with Crippen molar-refractivity contribution in [2.24, 2.45) is 0 Å². The summed E-state index contributed by atoms with van der Waals surface area (Å²) < 4.78 is 0. The lowest BCUT2D eigenvalue weighted by Gasteiger charge is -2.32. The lowest BCUT2D eigenvalue weighted by molar-refractivity contribution is 0.486. The number of nitrogens with zero attached hydrogens (tertiary/aromatic N) is 3. The minimum atomic E-state index is 0.559. The zero-order valence-electron chi connectivity index (χ0n) is 10.3. The summed E-state index contributed by atoms with van der Waals surface area (Å²) >= 11 is 1.80. The van der Waals surface area contributed by atoms with Crippen LogP contribution in [0.15, 0.2) is 30.7 Å². The SMILES string of the molecule is CC1CN(c2ccc(-c3ccncn3)s2)CCN1. The first-order chi connectivity index (χ1) is 8.83. The van der Waals surface area contributed by atoms with Crippen LogP contribution in [-0.4, -0.2) is 35.6 Å². The van der Waals surface area contributed by atoms with Gasteiger partial charge in [-0.05, 0) is 25.1 Å². The van der Waals surface area contributed by atoms with Crippen LogP contribution in [0.3, 0.4) is 0 Å². The monoisotopic (exact) mass is 260 g/mol. The van der Waals surface area contributed by atoms with Crippen LogP contribution in [0.2, 0.25) is 0 Å². The van der Waals surface area contributed by atoms with Gasteiger partial charge < -0.3 is 10.2 Å². The van der Waals surface area contributed by atoms with Gasteiger partial charge in [-0.2, -0.15) is 0 Å². The van der Waals surface area contributed by atoms with E-state index in [4.69, 9.17) is 0 Å². The number of aromatic nitrogens is 2. The van der Waals surface area contributed by atoms with E-state index in [1.165, 1.54) is 9.88 Å². The zero-order valence-corrected chi connectivity index (χ0v) is 11.2. The largest absolute Gasteiger partial charge is 0.361 e. The van der Waals surface area contributed by atoms with Crippen LogP contribution in [0.1, 0.15) is 6.92 Å². The first-order valence-corrected chi connectivity index (χ1v) is 6.99. The van der Waals surface area contributed by atoms with Crippen molar-refractivity contribution in [1.82, 2.24) is 15.3 Å². The topological polar surface area (TPSA) is 41.1 Å². The highest BCUT2D eigenvalue weighted by Gasteiger charge is 2.17. The molecule has 1 atom stereocenters. The van der Waals surface area contributed by atoms with E-state index >= 15 is 0 Å². The van der Waals surface area contributed by atoms with Crippen molar-refractivity contribution in [3.8, 4) is 10.6 Å². The standard InChI is InChI=1S/C13H16N4S/c1-10-8-17(7-6-15-10)13-3-2-12(18-13)11-4-5-14-9-16-11/h2-5,9-10,15H,6-8H2,1H3. The van der Waals surface area contributed by atoms with E-state index in [2.05, 4.69) is 39.2 Å². The van der Waals surface area contributed by atoms with E-state index in [-0.39, 0.29) is 0 Å². The van der Waals surface area contributed by atoms with Gasteiger partial charge in [0.1, 0.15) is 6.33 Å². The Balaban J connectivity index is 1.81. The van der Waals surface area contributed by atoms with E-state index in [0.717, 1.165) is 25.3 Å². The molecule has 0 spiro atoms. The van der Waals surface area contributed by atoms with Crippen LogP contribution in [0.5, 0.6) is 0 Å². The predicted molar refractivity (Wildman–Crippen MR) is 75.0 cm³/mol. The maximum absolute atomic E-state index is 4.29. The molecule has 1 aliphatic rings. The van der Waals surface area contributed by atoms with E-state index in [1.807, 2.05) is 6.07 Å². The number of piperazine rings is 1. The van der Waals surface area contributed by atoms with Crippen LogP contribution in [-0.2, 0) is 0 Å². The summed E-state index contributed by atoms with van der Waals surface area (Å²) in [5.41, 5.74) is 1.00. The maximum atomic E-state index is 4.29. The zero-order chi connectivity index (χ0) is 12.4. The number of nitrogens with one attached hydrogen (secondary N) is 1. The first kappa shape index (κ1) is 11.6. The van der Waals surface area contributed by atoms with Crippen molar-refractivity contribution in [3.05, 3.63) is 30.7 Å². The summed E-state index contributed by atoms with van der Waals surface area (Å²) in [6.45, 7) is 5.44. The molecule has 3 rings (SSSR count). The minimum Gasteiger partial charge on any atom is -0.361 e. The third kappa shape index (κ3) is 2.37. The van der Waals surface area contributed by atoms with Gasteiger partial charge in [-0.25, -0.2) is 9.97 Å². The lowest BCUT2D eigenvalue weighted by atomic mass is 10.2. The third-order valence-corrected chi connectivity index (χ3v) is 4.28. The van der Waals surface area contributed by atoms with Gasteiger partial charge in [0.25, 0.3) is 0 Å². The van der Waals surface area contributed by atoms with Crippen LogP contribution >= 0.6 is 11.3 Å². The van der Waals surface area contributed by atoms with Gasteiger partial charge in [-0.1, -0.05) is 0 Å². The molecule has 5 heteroatoms. The molecule has 0 amide bonds. The van der Waals surface area contributed by atoms with Crippen molar-refractivity contribution in [2.45, 2.75) is 13.0 Å². The average Bonchev–Trinajstić information content (AvgIpc) is 2.89. The molecule has 1 unspecified atom stereocenters. The summed E-state index contributed by atoms with van der Waals surface area (Å²) in [4.78, 5) is 11.9. The molecule has 1 N–H and O–H groups in total. The second kappa shape index (κ2) is 5.04. The molecule has 4 nitrogen and oxygen atoms in total. The summed E-state index contributed by atoms with van der Waals surface area (Å²) in [5, 5.41) is 4.79. The smallest absolute Gasteiger partial charge is 0.116 e. The summed E-state index contributed by atoms with van der Waals surface area (Å²) in [6.07, 6.45) is 3.39. The Morgan fingerprint density at radius 3 is 3.11 bits per heavy atom. The summed E-state index contributed by atoms with van der Waals surface area (Å²) in [6, 6.07) is 6.86. The highest BCUT2D eigenvalue weighted by atomic mass is 32.1. The quantitative estimate of drug-likeness (QED) is 0.896. The van der Waals surface area contributed by atoms with E-state index in [1.54, 1.807) is 23.9 Å². The molecule has 0 bridgehead atoms. The Morgan fingerprint density at radius 2 is 2.33 bits per heavy atom. The molecule has 0 aliphatic carbocycles. The highest BCUT2D eigenvalue weighted by Crippen LogP contribution is 2.32. The Bertz CT molecular complexity index is 511. The predicted octanol–water partition coefficient (Wildman–Crippen LogP) is 2.00. The number of hydrogen-bond acceptors (Lipinski definition) is 5. The van der Waals surface area contributed by atoms with Crippen molar-refractivity contribution in [1.29, 1.82) is 0 Å². The Morgan fingerprint density at radius 1 is 1.39 bits per heavy atom. The first-order valence-electron chi connectivity index (χ1n) is 6.17. The number of anilines is 1. The molecule has 2 aromatic heterocycles. The number of thiophene rings is 1. The molecule has 0 radical (unpaired) electrons. The van der Waals surface area contributed by atoms with Gasteiger partial charge >= 0.3 is 0 Å². The second-order valence-corrected chi connectivity index (χ2v) is 5.60. The van der Waals surface area contributed by atoms with Gasteiger partial charge in [-0.15, -0.1) is 11.3 Å². The number of rotatable bonds is 2. The molecule has 1 aliphatic heterocycles. The van der Waals surface area contributed by atoms with Crippen LogP contribution in [0.25, 0.3) is 10.6 Å². The normalized spacial score (nSPS) is 20.1. The third-order valence-electron chi connectivity index (χ3n) is 3.11. The fourth-order valence-corrected chi connectivity index (χ4v) is 3.22. The molecule has 94 valence electrons. The number of hydrogen-bond donors (Lipinski definition) is 1. The molecule has 0 aromatic carbocycles. The molecule has 2 aromatic rings. The van der Waals surface area contributed by atoms with Crippen LogP contribution < -0.4 is 10.2 Å². The fraction of sp³-hybridized carbons (Fsp3) is 0.385. The van der Waals surface area contributed by atoms with Crippen molar-refractivity contribution >= 4 is 16.3 Å². The van der Waals surface area contributed by atoms with E-state index in [0.29, 0.717) is 6.04 Å². The molecular formula is C13H16N4S. The maximum Gasteiger partial charge on any atom is 0.116 e. The van der Waals surface area contributed by atoms with Gasteiger partial charge in [0.05, 0.1) is 15.6 Å². The van der Waals surface area contributed by atoms with Gasteiger partial charge in [0.15, 0.2) is 0 Å². The molecule has 3 heterocycles. The van der Waals surface area contributed by atoms with Crippen LogP contribution in [0, 0.1) is 0 Å². The molecule has 0 saturated carbocycles.